The van der Waals surface area contributed by atoms with Gasteiger partial charge in [-0.1, -0.05) is 17.7 Å². The molecule has 3 nitrogen and oxygen atoms in total. The molecular weight excluding hydrogens is 202 g/mol. The minimum Gasteiger partial charge on any atom is -0.506 e. The Morgan fingerprint density at radius 2 is 2.36 bits per heavy atom. The highest BCUT2D eigenvalue weighted by Crippen LogP contribution is 2.27. The highest BCUT2D eigenvalue weighted by Gasteiger charge is 2.15. The van der Waals surface area contributed by atoms with Crippen molar-refractivity contribution in [2.24, 2.45) is 0 Å². The van der Waals surface area contributed by atoms with Crippen molar-refractivity contribution in [3.63, 3.8) is 0 Å². The van der Waals surface area contributed by atoms with Crippen LogP contribution in [-0.4, -0.2) is 24.9 Å². The normalized spacial score (nSPS) is 22.2. The molecule has 2 N–H and O–H groups in total. The summed E-state index contributed by atoms with van der Waals surface area (Å²) in [6.07, 6.45) is 0. The maximum Gasteiger partial charge on any atom is 0.134 e. The first-order chi connectivity index (χ1) is 6.77. The first-order valence-corrected chi connectivity index (χ1v) is 4.95. The molecule has 0 spiro atoms. The van der Waals surface area contributed by atoms with Gasteiger partial charge in [-0.05, 0) is 17.7 Å². The number of aromatic hydroxyl groups is 1. The quantitative estimate of drug-likeness (QED) is 0.746. The van der Waals surface area contributed by atoms with Crippen LogP contribution in [0.4, 0.5) is 0 Å². The highest BCUT2D eigenvalue weighted by molar-refractivity contribution is 6.32. The highest BCUT2D eigenvalue weighted by atomic mass is 35.5. The number of benzene rings is 1. The van der Waals surface area contributed by atoms with Gasteiger partial charge in [0.15, 0.2) is 0 Å². The van der Waals surface area contributed by atoms with Crippen LogP contribution in [0, 0.1) is 0 Å². The minimum absolute atomic E-state index is 0.118. The van der Waals surface area contributed by atoms with Gasteiger partial charge in [-0.25, -0.2) is 0 Å². The third-order valence-electron chi connectivity index (χ3n) is 2.30. The molecule has 1 aromatic rings. The Labute approximate surface area is 87.6 Å². The van der Waals surface area contributed by atoms with Gasteiger partial charge in [0.1, 0.15) is 5.75 Å². The summed E-state index contributed by atoms with van der Waals surface area (Å²) < 4.78 is 5.34. The molecule has 1 fully saturated rings. The van der Waals surface area contributed by atoms with Crippen LogP contribution in [0.25, 0.3) is 0 Å². The summed E-state index contributed by atoms with van der Waals surface area (Å²) in [6.45, 7) is 2.26. The molecule has 1 aromatic carbocycles. The van der Waals surface area contributed by atoms with Crippen molar-refractivity contribution in [2.75, 3.05) is 19.8 Å². The van der Waals surface area contributed by atoms with Crippen LogP contribution in [0.1, 0.15) is 11.6 Å². The number of rotatable bonds is 1. The minimum atomic E-state index is 0.118. The predicted octanol–water partition coefficient (Wildman–Crippen LogP) is 1.71. The molecule has 0 aromatic heterocycles. The maximum atomic E-state index is 9.26. The van der Waals surface area contributed by atoms with Crippen molar-refractivity contribution >= 4 is 11.6 Å². The number of phenols is 1. The first kappa shape index (κ1) is 9.77. The van der Waals surface area contributed by atoms with E-state index in [1.807, 2.05) is 6.07 Å². The van der Waals surface area contributed by atoms with E-state index in [1.54, 1.807) is 12.1 Å². The number of hydrogen-bond acceptors (Lipinski definition) is 3. The summed E-state index contributed by atoms with van der Waals surface area (Å²) in [5.74, 6) is 0.118. The molecule has 4 heteroatoms. The smallest absolute Gasteiger partial charge is 0.134 e. The summed E-state index contributed by atoms with van der Waals surface area (Å²) in [7, 11) is 0. The van der Waals surface area contributed by atoms with Gasteiger partial charge in [0.25, 0.3) is 0 Å². The fraction of sp³-hybridized carbons (Fsp3) is 0.400. The van der Waals surface area contributed by atoms with E-state index < -0.39 is 0 Å². The van der Waals surface area contributed by atoms with E-state index in [2.05, 4.69) is 5.32 Å². The Hall–Kier alpha value is -0.770. The van der Waals surface area contributed by atoms with Crippen LogP contribution in [0.5, 0.6) is 5.75 Å². The molecule has 14 heavy (non-hydrogen) atoms. The van der Waals surface area contributed by atoms with E-state index in [-0.39, 0.29) is 11.8 Å². The monoisotopic (exact) mass is 213 g/mol. The maximum absolute atomic E-state index is 9.26. The molecule has 0 amide bonds. The fourth-order valence-electron chi connectivity index (χ4n) is 1.52. The number of ether oxygens (including phenoxy) is 1. The molecule has 1 heterocycles. The van der Waals surface area contributed by atoms with Crippen molar-refractivity contribution in [2.45, 2.75) is 6.04 Å². The standard InChI is InChI=1S/C10H12ClNO2/c11-8-5-7(1-2-10(8)13)9-6-14-4-3-12-9/h1-2,5,9,12-13H,3-4,6H2. The van der Waals surface area contributed by atoms with Crippen molar-refractivity contribution in [1.82, 2.24) is 5.32 Å². The lowest BCUT2D eigenvalue weighted by atomic mass is 10.1. The van der Waals surface area contributed by atoms with Crippen LogP contribution in [0.15, 0.2) is 18.2 Å². The van der Waals surface area contributed by atoms with Crippen molar-refractivity contribution in [3.05, 3.63) is 28.8 Å². The van der Waals surface area contributed by atoms with Crippen molar-refractivity contribution in [3.8, 4) is 5.75 Å². The largest absolute Gasteiger partial charge is 0.506 e. The van der Waals surface area contributed by atoms with Crippen LogP contribution in [-0.2, 0) is 4.74 Å². The average Bonchev–Trinajstić information content (AvgIpc) is 2.23. The second-order valence-corrected chi connectivity index (χ2v) is 3.70. The molecule has 1 atom stereocenters. The third kappa shape index (κ3) is 2.00. The van der Waals surface area contributed by atoms with Gasteiger partial charge < -0.3 is 15.2 Å². The second kappa shape index (κ2) is 4.17. The second-order valence-electron chi connectivity index (χ2n) is 3.29. The summed E-state index contributed by atoms with van der Waals surface area (Å²) >= 11 is 5.81. The van der Waals surface area contributed by atoms with E-state index in [0.717, 1.165) is 18.7 Å². The molecule has 0 radical (unpaired) electrons. The van der Waals surface area contributed by atoms with Gasteiger partial charge in [-0.15, -0.1) is 0 Å². The van der Waals surface area contributed by atoms with E-state index in [1.165, 1.54) is 0 Å². The first-order valence-electron chi connectivity index (χ1n) is 4.57. The van der Waals surface area contributed by atoms with Crippen molar-refractivity contribution in [1.29, 1.82) is 0 Å². The number of morpholine rings is 1. The average molecular weight is 214 g/mol. The Kier molecular flexibility index (Phi) is 2.91. The van der Waals surface area contributed by atoms with Gasteiger partial charge in [-0.2, -0.15) is 0 Å². The van der Waals surface area contributed by atoms with Gasteiger partial charge in [0.05, 0.1) is 24.3 Å². The summed E-state index contributed by atoms with van der Waals surface area (Å²) in [6, 6.07) is 5.41. The number of halogens is 1. The molecule has 76 valence electrons. The SMILES string of the molecule is Oc1ccc(C2COCCN2)cc1Cl. The number of phenolic OH excluding ortho intramolecular Hbond substituents is 1. The predicted molar refractivity (Wildman–Crippen MR) is 54.7 cm³/mol. The lowest BCUT2D eigenvalue weighted by molar-refractivity contribution is 0.0769. The Morgan fingerprint density at radius 3 is 3.00 bits per heavy atom. The van der Waals surface area contributed by atoms with Crippen LogP contribution >= 0.6 is 11.6 Å². The molecule has 1 aliphatic rings. The molecule has 1 aliphatic heterocycles. The van der Waals surface area contributed by atoms with Gasteiger partial charge >= 0.3 is 0 Å². The van der Waals surface area contributed by atoms with E-state index in [9.17, 15) is 5.11 Å². The molecular formula is C10H12ClNO2. The van der Waals surface area contributed by atoms with E-state index >= 15 is 0 Å². The molecule has 0 aliphatic carbocycles. The fourth-order valence-corrected chi connectivity index (χ4v) is 1.71. The Bertz CT molecular complexity index is 324. The third-order valence-corrected chi connectivity index (χ3v) is 2.60. The molecule has 1 unspecified atom stereocenters. The summed E-state index contributed by atoms with van der Waals surface area (Å²) in [4.78, 5) is 0. The Morgan fingerprint density at radius 1 is 1.50 bits per heavy atom. The lowest BCUT2D eigenvalue weighted by Crippen LogP contribution is -2.34. The van der Waals surface area contributed by atoms with Crippen LogP contribution < -0.4 is 5.32 Å². The summed E-state index contributed by atoms with van der Waals surface area (Å²) in [5.41, 5.74) is 1.05. The molecule has 0 saturated carbocycles. The van der Waals surface area contributed by atoms with E-state index in [4.69, 9.17) is 16.3 Å². The van der Waals surface area contributed by atoms with Crippen LogP contribution in [0.3, 0.4) is 0 Å². The molecule has 1 saturated heterocycles. The Balaban J connectivity index is 2.18. The summed E-state index contributed by atoms with van der Waals surface area (Å²) in [5, 5.41) is 13.0. The molecule has 0 bridgehead atoms. The molecule has 2 rings (SSSR count). The lowest BCUT2D eigenvalue weighted by Gasteiger charge is -2.24. The zero-order valence-corrected chi connectivity index (χ0v) is 8.42. The van der Waals surface area contributed by atoms with Gasteiger partial charge in [0.2, 0.25) is 0 Å². The zero-order valence-electron chi connectivity index (χ0n) is 7.66. The van der Waals surface area contributed by atoms with E-state index in [0.29, 0.717) is 11.6 Å². The van der Waals surface area contributed by atoms with Gasteiger partial charge in [0, 0.05) is 6.54 Å². The zero-order chi connectivity index (χ0) is 9.97. The van der Waals surface area contributed by atoms with Crippen molar-refractivity contribution < 1.29 is 9.84 Å². The number of nitrogens with one attached hydrogen (secondary N) is 1. The van der Waals surface area contributed by atoms with Gasteiger partial charge in [-0.3, -0.25) is 0 Å². The number of hydrogen-bond donors (Lipinski definition) is 2. The van der Waals surface area contributed by atoms with Crippen LogP contribution in [0.2, 0.25) is 5.02 Å². The topological polar surface area (TPSA) is 41.5 Å².